The normalized spacial score (nSPS) is 11.2. The maximum Gasteiger partial charge on any atom is 0.232 e. The molecule has 4 heteroatoms. The number of nitrogens with zero attached hydrogens (tertiary/aromatic N) is 1. The van der Waals surface area contributed by atoms with Crippen molar-refractivity contribution < 1.29 is 9.53 Å². The van der Waals surface area contributed by atoms with Crippen LogP contribution in [0.4, 0.5) is 5.69 Å². The zero-order valence-electron chi connectivity index (χ0n) is 12.3. The lowest BCUT2D eigenvalue weighted by atomic mass is 9.87. The second-order valence-corrected chi connectivity index (χ2v) is 5.21. The van der Waals surface area contributed by atoms with E-state index in [0.29, 0.717) is 19.6 Å². The number of nitrogens with two attached hydrogens (primary N) is 1. The van der Waals surface area contributed by atoms with E-state index in [1.54, 1.807) is 11.9 Å². The molecule has 19 heavy (non-hydrogen) atoms. The summed E-state index contributed by atoms with van der Waals surface area (Å²) in [6.45, 7) is 6.94. The molecule has 0 radical (unpaired) electrons. The topological polar surface area (TPSA) is 55.6 Å². The highest BCUT2D eigenvalue weighted by atomic mass is 16.5. The minimum absolute atomic E-state index is 0.0714. The molecule has 0 aliphatic carbocycles. The Morgan fingerprint density at radius 3 is 2.37 bits per heavy atom. The van der Waals surface area contributed by atoms with Gasteiger partial charge in [-0.1, -0.05) is 13.8 Å². The molecule has 0 heterocycles. The van der Waals surface area contributed by atoms with Gasteiger partial charge in [0.15, 0.2) is 0 Å². The van der Waals surface area contributed by atoms with E-state index in [0.717, 1.165) is 11.4 Å². The van der Waals surface area contributed by atoms with Crippen molar-refractivity contribution in [2.45, 2.75) is 27.2 Å². The summed E-state index contributed by atoms with van der Waals surface area (Å²) in [5, 5.41) is 0. The Kier molecular flexibility index (Phi) is 5.36. The quantitative estimate of drug-likeness (QED) is 0.858. The van der Waals surface area contributed by atoms with E-state index < -0.39 is 5.41 Å². The summed E-state index contributed by atoms with van der Waals surface area (Å²) >= 11 is 0. The molecule has 106 valence electrons. The molecular formula is C15H24N2O2. The van der Waals surface area contributed by atoms with Crippen molar-refractivity contribution in [1.29, 1.82) is 0 Å². The van der Waals surface area contributed by atoms with Crippen LogP contribution in [0.5, 0.6) is 5.75 Å². The maximum absolute atomic E-state index is 12.4. The zero-order chi connectivity index (χ0) is 14.5. The van der Waals surface area contributed by atoms with Crippen LogP contribution in [0, 0.1) is 5.41 Å². The highest BCUT2D eigenvalue weighted by molar-refractivity contribution is 5.96. The standard InChI is InChI=1S/C15H24N2O2/c1-5-19-13-8-6-12(7-9-13)17(4)14(18)15(2,3)10-11-16/h6-9H,5,10-11,16H2,1-4H3. The summed E-state index contributed by atoms with van der Waals surface area (Å²) in [6.07, 6.45) is 0.674. The first kappa shape index (κ1) is 15.5. The van der Waals surface area contributed by atoms with Crippen LogP contribution in [0.1, 0.15) is 27.2 Å². The fourth-order valence-electron chi connectivity index (χ4n) is 1.97. The molecular weight excluding hydrogens is 240 g/mol. The van der Waals surface area contributed by atoms with E-state index in [4.69, 9.17) is 10.5 Å². The van der Waals surface area contributed by atoms with Crippen molar-refractivity contribution in [1.82, 2.24) is 0 Å². The van der Waals surface area contributed by atoms with E-state index in [9.17, 15) is 4.79 Å². The van der Waals surface area contributed by atoms with E-state index in [-0.39, 0.29) is 5.91 Å². The summed E-state index contributed by atoms with van der Waals surface area (Å²) in [5.41, 5.74) is 5.97. The number of hydrogen-bond acceptors (Lipinski definition) is 3. The lowest BCUT2D eigenvalue weighted by Gasteiger charge is -2.29. The molecule has 0 aromatic heterocycles. The molecule has 0 fully saturated rings. The minimum atomic E-state index is -0.442. The number of rotatable bonds is 6. The second kappa shape index (κ2) is 6.57. The Morgan fingerprint density at radius 2 is 1.89 bits per heavy atom. The Balaban J connectivity index is 2.82. The molecule has 0 atom stereocenters. The first-order valence-electron chi connectivity index (χ1n) is 6.63. The molecule has 1 aromatic carbocycles. The van der Waals surface area contributed by atoms with Crippen molar-refractivity contribution in [3.05, 3.63) is 24.3 Å². The lowest BCUT2D eigenvalue weighted by Crippen LogP contribution is -2.39. The molecule has 1 rings (SSSR count). The molecule has 0 aliphatic heterocycles. The van der Waals surface area contributed by atoms with Crippen LogP contribution in [-0.2, 0) is 4.79 Å². The van der Waals surface area contributed by atoms with Gasteiger partial charge in [0, 0.05) is 18.2 Å². The number of anilines is 1. The third kappa shape index (κ3) is 3.96. The second-order valence-electron chi connectivity index (χ2n) is 5.21. The molecule has 0 spiro atoms. The Bertz CT molecular complexity index is 413. The molecule has 0 aliphatic rings. The SMILES string of the molecule is CCOc1ccc(N(C)C(=O)C(C)(C)CCN)cc1. The fourth-order valence-corrected chi connectivity index (χ4v) is 1.97. The summed E-state index contributed by atoms with van der Waals surface area (Å²) in [5.74, 6) is 0.885. The van der Waals surface area contributed by atoms with Gasteiger partial charge in [0.25, 0.3) is 0 Å². The number of ether oxygens (including phenoxy) is 1. The highest BCUT2D eigenvalue weighted by Crippen LogP contribution is 2.26. The fraction of sp³-hybridized carbons (Fsp3) is 0.533. The molecule has 0 bridgehead atoms. The largest absolute Gasteiger partial charge is 0.494 e. The summed E-state index contributed by atoms with van der Waals surface area (Å²) in [7, 11) is 1.79. The first-order valence-corrected chi connectivity index (χ1v) is 6.63. The van der Waals surface area contributed by atoms with Crippen molar-refractivity contribution in [3.63, 3.8) is 0 Å². The van der Waals surface area contributed by atoms with Crippen molar-refractivity contribution in [2.24, 2.45) is 11.1 Å². The average molecular weight is 264 g/mol. The van der Waals surface area contributed by atoms with E-state index >= 15 is 0 Å². The van der Waals surface area contributed by atoms with Crippen molar-refractivity contribution in [2.75, 3.05) is 25.1 Å². The van der Waals surface area contributed by atoms with Gasteiger partial charge in [-0.3, -0.25) is 4.79 Å². The van der Waals surface area contributed by atoms with Crippen molar-refractivity contribution >= 4 is 11.6 Å². The Morgan fingerprint density at radius 1 is 1.32 bits per heavy atom. The number of amides is 1. The van der Waals surface area contributed by atoms with Crippen LogP contribution in [0.3, 0.4) is 0 Å². The van der Waals surface area contributed by atoms with Crippen LogP contribution >= 0.6 is 0 Å². The van der Waals surface area contributed by atoms with Crippen LogP contribution < -0.4 is 15.4 Å². The van der Waals surface area contributed by atoms with Crippen molar-refractivity contribution in [3.8, 4) is 5.75 Å². The monoisotopic (exact) mass is 264 g/mol. The van der Waals surface area contributed by atoms with Gasteiger partial charge < -0.3 is 15.4 Å². The predicted octanol–water partition coefficient (Wildman–Crippen LogP) is 2.42. The van der Waals surface area contributed by atoms with Gasteiger partial charge in [0.05, 0.1) is 6.61 Å². The maximum atomic E-state index is 12.4. The smallest absolute Gasteiger partial charge is 0.232 e. The number of hydrogen-bond donors (Lipinski definition) is 1. The van der Waals surface area contributed by atoms with E-state index in [2.05, 4.69) is 0 Å². The number of benzene rings is 1. The molecule has 0 saturated heterocycles. The van der Waals surface area contributed by atoms with Crippen LogP contribution in [0.2, 0.25) is 0 Å². The molecule has 4 nitrogen and oxygen atoms in total. The molecule has 0 saturated carbocycles. The van der Waals surface area contributed by atoms with Crippen LogP contribution in [-0.4, -0.2) is 26.1 Å². The van der Waals surface area contributed by atoms with Gasteiger partial charge >= 0.3 is 0 Å². The Labute approximate surface area is 115 Å². The summed E-state index contributed by atoms with van der Waals surface area (Å²) < 4.78 is 5.39. The van der Waals surface area contributed by atoms with Gasteiger partial charge in [-0.15, -0.1) is 0 Å². The lowest BCUT2D eigenvalue weighted by molar-refractivity contribution is -0.126. The molecule has 1 aromatic rings. The average Bonchev–Trinajstić information content (AvgIpc) is 2.38. The molecule has 0 unspecified atom stereocenters. The summed E-state index contributed by atoms with van der Waals surface area (Å²) in [6, 6.07) is 7.53. The van der Waals surface area contributed by atoms with E-state index in [1.165, 1.54) is 0 Å². The Hall–Kier alpha value is -1.55. The highest BCUT2D eigenvalue weighted by Gasteiger charge is 2.30. The number of carbonyl (C=O) groups is 1. The van der Waals surface area contributed by atoms with Gasteiger partial charge in [-0.25, -0.2) is 0 Å². The molecule has 1 amide bonds. The van der Waals surface area contributed by atoms with E-state index in [1.807, 2.05) is 45.0 Å². The van der Waals surface area contributed by atoms with Gasteiger partial charge in [-0.05, 0) is 44.2 Å². The minimum Gasteiger partial charge on any atom is -0.494 e. The zero-order valence-corrected chi connectivity index (χ0v) is 12.3. The van der Waals surface area contributed by atoms with Crippen LogP contribution in [0.25, 0.3) is 0 Å². The third-order valence-electron chi connectivity index (χ3n) is 3.19. The third-order valence-corrected chi connectivity index (χ3v) is 3.19. The van der Waals surface area contributed by atoms with Gasteiger partial charge in [0.1, 0.15) is 5.75 Å². The summed E-state index contributed by atoms with van der Waals surface area (Å²) in [4.78, 5) is 14.1. The van der Waals surface area contributed by atoms with Gasteiger partial charge in [-0.2, -0.15) is 0 Å². The predicted molar refractivity (Wildman–Crippen MR) is 78.5 cm³/mol. The van der Waals surface area contributed by atoms with Gasteiger partial charge in [0.2, 0.25) is 5.91 Å². The molecule has 2 N–H and O–H groups in total. The van der Waals surface area contributed by atoms with Crippen LogP contribution in [0.15, 0.2) is 24.3 Å². The first-order chi connectivity index (χ1) is 8.92. The number of carbonyl (C=O) groups excluding carboxylic acids is 1.